The first-order valence-electron chi connectivity index (χ1n) is 6.11. The van der Waals surface area contributed by atoms with E-state index in [0.717, 1.165) is 0 Å². The lowest BCUT2D eigenvalue weighted by atomic mass is 10.0. The molecule has 0 aliphatic heterocycles. The Hall–Kier alpha value is -2.40. The minimum Gasteiger partial charge on any atom is -0.382 e. The number of benzene rings is 2. The fourth-order valence-electron chi connectivity index (χ4n) is 2.15. The van der Waals surface area contributed by atoms with Gasteiger partial charge < -0.3 is 5.73 Å². The van der Waals surface area contributed by atoms with Crippen molar-refractivity contribution in [2.24, 2.45) is 0 Å². The van der Waals surface area contributed by atoms with Gasteiger partial charge in [0.2, 0.25) is 0 Å². The summed E-state index contributed by atoms with van der Waals surface area (Å²) in [6, 6.07) is 9.91. The van der Waals surface area contributed by atoms with Gasteiger partial charge in [-0.05, 0) is 42.5 Å². The molecule has 1 heterocycles. The van der Waals surface area contributed by atoms with Gasteiger partial charge in [-0.25, -0.2) is 8.78 Å². The summed E-state index contributed by atoms with van der Waals surface area (Å²) < 4.78 is 26.2. The molecule has 3 N–H and O–H groups in total. The molecule has 0 amide bonds. The highest BCUT2D eigenvalue weighted by Crippen LogP contribution is 2.38. The number of hydrogen-bond acceptors (Lipinski definition) is 2. The molecule has 3 nitrogen and oxygen atoms in total. The van der Waals surface area contributed by atoms with Gasteiger partial charge in [0.05, 0.1) is 16.3 Å². The summed E-state index contributed by atoms with van der Waals surface area (Å²) in [5, 5.41) is 6.99. The maximum absolute atomic E-state index is 13.2. The second kappa shape index (κ2) is 5.18. The van der Waals surface area contributed by atoms with Crippen LogP contribution in [0, 0.1) is 11.6 Å². The first kappa shape index (κ1) is 13.6. The predicted molar refractivity (Wildman–Crippen MR) is 78.8 cm³/mol. The van der Waals surface area contributed by atoms with Crippen molar-refractivity contribution in [3.63, 3.8) is 0 Å². The van der Waals surface area contributed by atoms with Gasteiger partial charge in [0, 0.05) is 11.1 Å². The molecular formula is C15H10ClF2N3. The number of H-pyrrole nitrogens is 1. The molecule has 0 bridgehead atoms. The lowest BCUT2D eigenvalue weighted by Gasteiger charge is -2.07. The average molecular weight is 306 g/mol. The highest BCUT2D eigenvalue weighted by atomic mass is 35.5. The normalized spacial score (nSPS) is 10.8. The summed E-state index contributed by atoms with van der Waals surface area (Å²) in [4.78, 5) is 0. The molecular weight excluding hydrogens is 296 g/mol. The lowest BCUT2D eigenvalue weighted by molar-refractivity contribution is 0.627. The van der Waals surface area contributed by atoms with Gasteiger partial charge >= 0.3 is 0 Å². The maximum atomic E-state index is 13.2. The summed E-state index contributed by atoms with van der Waals surface area (Å²) in [6.07, 6.45) is 0. The van der Waals surface area contributed by atoms with E-state index in [1.807, 2.05) is 0 Å². The monoisotopic (exact) mass is 305 g/mol. The topological polar surface area (TPSA) is 54.7 Å². The van der Waals surface area contributed by atoms with Gasteiger partial charge in [0.15, 0.2) is 5.82 Å². The van der Waals surface area contributed by atoms with Crippen molar-refractivity contribution in [3.8, 4) is 22.4 Å². The molecule has 3 aromatic rings. The van der Waals surface area contributed by atoms with E-state index < -0.39 is 5.82 Å². The molecule has 1 aromatic heterocycles. The van der Waals surface area contributed by atoms with Crippen molar-refractivity contribution in [2.45, 2.75) is 0 Å². The Bertz CT molecular complexity index is 797. The number of aromatic amines is 1. The standard InChI is InChI=1S/C15H10ClF2N3/c16-12-7-10(18)5-6-11(12)13-14(20-21-15(13)19)8-1-3-9(17)4-2-8/h1-7H,(H3,19,20,21). The van der Waals surface area contributed by atoms with Crippen LogP contribution in [0.5, 0.6) is 0 Å². The smallest absolute Gasteiger partial charge is 0.153 e. The Morgan fingerprint density at radius 2 is 1.67 bits per heavy atom. The second-order valence-corrected chi connectivity index (χ2v) is 4.90. The van der Waals surface area contributed by atoms with E-state index in [0.29, 0.717) is 22.4 Å². The minimum absolute atomic E-state index is 0.228. The molecule has 2 aromatic carbocycles. The molecule has 0 radical (unpaired) electrons. The van der Waals surface area contributed by atoms with E-state index in [4.69, 9.17) is 17.3 Å². The Labute approximate surface area is 124 Å². The fraction of sp³-hybridized carbons (Fsp3) is 0. The molecule has 0 unspecified atom stereocenters. The van der Waals surface area contributed by atoms with Crippen LogP contribution in [0.4, 0.5) is 14.6 Å². The molecule has 3 rings (SSSR count). The second-order valence-electron chi connectivity index (χ2n) is 4.49. The number of nitrogens with one attached hydrogen (secondary N) is 1. The van der Waals surface area contributed by atoms with Crippen LogP contribution >= 0.6 is 11.6 Å². The van der Waals surface area contributed by atoms with E-state index >= 15 is 0 Å². The third-order valence-corrected chi connectivity index (χ3v) is 3.44. The van der Waals surface area contributed by atoms with Crippen LogP contribution in [0.25, 0.3) is 22.4 Å². The number of anilines is 1. The largest absolute Gasteiger partial charge is 0.382 e. The van der Waals surface area contributed by atoms with Crippen LogP contribution in [-0.4, -0.2) is 10.2 Å². The van der Waals surface area contributed by atoms with Crippen molar-refractivity contribution in [1.29, 1.82) is 0 Å². The maximum Gasteiger partial charge on any atom is 0.153 e. The quantitative estimate of drug-likeness (QED) is 0.743. The van der Waals surface area contributed by atoms with Crippen molar-refractivity contribution in [1.82, 2.24) is 10.2 Å². The summed E-state index contributed by atoms with van der Waals surface area (Å²) in [5.74, 6) is -0.537. The Balaban J connectivity index is 2.19. The number of nitrogen functional groups attached to an aromatic ring is 1. The molecule has 0 saturated heterocycles. The van der Waals surface area contributed by atoms with Gasteiger partial charge in [0.1, 0.15) is 11.6 Å². The summed E-state index contributed by atoms with van der Waals surface area (Å²) >= 11 is 6.08. The van der Waals surface area contributed by atoms with E-state index in [1.165, 1.54) is 30.3 Å². The first-order chi connectivity index (χ1) is 10.1. The lowest BCUT2D eigenvalue weighted by Crippen LogP contribution is -1.90. The number of halogens is 3. The summed E-state index contributed by atoms with van der Waals surface area (Å²) in [5.41, 5.74) is 8.30. The third-order valence-electron chi connectivity index (χ3n) is 3.13. The average Bonchev–Trinajstić information content (AvgIpc) is 2.82. The van der Waals surface area contributed by atoms with E-state index in [2.05, 4.69) is 10.2 Å². The van der Waals surface area contributed by atoms with Gasteiger partial charge in [-0.15, -0.1) is 0 Å². The van der Waals surface area contributed by atoms with Gasteiger partial charge in [-0.2, -0.15) is 5.10 Å². The molecule has 0 fully saturated rings. The number of nitrogens with zero attached hydrogens (tertiary/aromatic N) is 1. The van der Waals surface area contributed by atoms with Crippen LogP contribution in [-0.2, 0) is 0 Å². The van der Waals surface area contributed by atoms with Crippen molar-refractivity contribution in [2.75, 3.05) is 5.73 Å². The van der Waals surface area contributed by atoms with Gasteiger partial charge in [0.25, 0.3) is 0 Å². The fourth-order valence-corrected chi connectivity index (χ4v) is 2.41. The van der Waals surface area contributed by atoms with Gasteiger partial charge in [-0.3, -0.25) is 5.10 Å². The molecule has 0 aliphatic carbocycles. The summed E-state index contributed by atoms with van der Waals surface area (Å²) in [6.45, 7) is 0. The molecule has 106 valence electrons. The van der Waals surface area contributed by atoms with Gasteiger partial charge in [-0.1, -0.05) is 11.6 Å². The minimum atomic E-state index is -0.436. The van der Waals surface area contributed by atoms with Crippen molar-refractivity contribution in [3.05, 3.63) is 59.1 Å². The SMILES string of the molecule is Nc1n[nH]c(-c2ccc(F)cc2)c1-c1ccc(F)cc1Cl. The Morgan fingerprint density at radius 3 is 2.33 bits per heavy atom. The predicted octanol–water partition coefficient (Wildman–Crippen LogP) is 4.26. The van der Waals surface area contributed by atoms with E-state index in [1.54, 1.807) is 12.1 Å². The highest BCUT2D eigenvalue weighted by Gasteiger charge is 2.17. The van der Waals surface area contributed by atoms with Crippen molar-refractivity contribution >= 4 is 17.4 Å². The molecule has 0 aliphatic rings. The molecule has 0 atom stereocenters. The van der Waals surface area contributed by atoms with Crippen LogP contribution in [0.3, 0.4) is 0 Å². The number of nitrogens with two attached hydrogens (primary N) is 1. The van der Waals surface area contributed by atoms with Crippen LogP contribution in [0.2, 0.25) is 5.02 Å². The van der Waals surface area contributed by atoms with Crippen LogP contribution < -0.4 is 5.73 Å². The zero-order valence-corrected chi connectivity index (χ0v) is 11.5. The molecule has 21 heavy (non-hydrogen) atoms. The third kappa shape index (κ3) is 2.48. The van der Waals surface area contributed by atoms with E-state index in [9.17, 15) is 8.78 Å². The Kier molecular flexibility index (Phi) is 3.35. The zero-order valence-electron chi connectivity index (χ0n) is 10.7. The van der Waals surface area contributed by atoms with Crippen LogP contribution in [0.15, 0.2) is 42.5 Å². The molecule has 6 heteroatoms. The molecule has 0 spiro atoms. The number of aromatic nitrogens is 2. The highest BCUT2D eigenvalue weighted by molar-refractivity contribution is 6.33. The number of hydrogen-bond donors (Lipinski definition) is 2. The zero-order chi connectivity index (χ0) is 15.0. The molecule has 0 saturated carbocycles. The van der Waals surface area contributed by atoms with Crippen LogP contribution in [0.1, 0.15) is 0 Å². The Morgan fingerprint density at radius 1 is 1.00 bits per heavy atom. The van der Waals surface area contributed by atoms with E-state index in [-0.39, 0.29) is 16.7 Å². The number of rotatable bonds is 2. The first-order valence-corrected chi connectivity index (χ1v) is 6.49. The summed E-state index contributed by atoms with van der Waals surface area (Å²) in [7, 11) is 0. The van der Waals surface area contributed by atoms with Crippen molar-refractivity contribution < 1.29 is 8.78 Å².